The van der Waals surface area contributed by atoms with Crippen LogP contribution in [0.5, 0.6) is 5.75 Å². The lowest BCUT2D eigenvalue weighted by atomic mass is 10.0. The average molecular weight is 530 g/mol. The lowest BCUT2D eigenvalue weighted by Crippen LogP contribution is -2.47. The molecule has 34 heavy (non-hydrogen) atoms. The highest BCUT2D eigenvalue weighted by Crippen LogP contribution is 2.34. The van der Waals surface area contributed by atoms with Crippen LogP contribution in [0.15, 0.2) is 42.5 Å². The smallest absolute Gasteiger partial charge is 0.260 e. The second-order valence-electron chi connectivity index (χ2n) is 7.65. The number of alkyl halides is 3. The highest BCUT2D eigenvalue weighted by Gasteiger charge is 2.32. The number of para-hydroxylation sites is 3. The van der Waals surface area contributed by atoms with Gasteiger partial charge in [0.25, 0.3) is 5.91 Å². The van der Waals surface area contributed by atoms with Gasteiger partial charge in [-0.2, -0.15) is 0 Å². The maximum absolute atomic E-state index is 12.0. The lowest BCUT2D eigenvalue weighted by Gasteiger charge is -2.35. The molecule has 0 saturated heterocycles. The Balaban J connectivity index is 0.000000241. The predicted molar refractivity (Wildman–Crippen MR) is 140 cm³/mol. The van der Waals surface area contributed by atoms with Crippen LogP contribution in [-0.4, -0.2) is 48.5 Å². The Hall–Kier alpha value is -1.99. The van der Waals surface area contributed by atoms with Gasteiger partial charge in [-0.1, -0.05) is 60.5 Å². The van der Waals surface area contributed by atoms with E-state index >= 15 is 0 Å². The normalized spacial score (nSPS) is 14.6. The Kier molecular flexibility index (Phi) is 11.5. The monoisotopic (exact) mass is 528 g/mol. The minimum atomic E-state index is -1.05. The summed E-state index contributed by atoms with van der Waals surface area (Å²) in [6.45, 7) is 9.13. The Bertz CT molecular complexity index is 971. The van der Waals surface area contributed by atoms with Crippen LogP contribution in [-0.2, 0) is 20.7 Å². The first-order valence-electron chi connectivity index (χ1n) is 11.1. The maximum Gasteiger partial charge on any atom is 0.260 e. The van der Waals surface area contributed by atoms with Crippen molar-refractivity contribution in [2.75, 3.05) is 35.6 Å². The van der Waals surface area contributed by atoms with Crippen molar-refractivity contribution in [1.82, 2.24) is 0 Å². The number of rotatable bonds is 7. The first-order chi connectivity index (χ1) is 16.3. The van der Waals surface area contributed by atoms with Crippen LogP contribution in [0.1, 0.15) is 31.9 Å². The molecule has 0 saturated carbocycles. The second kappa shape index (κ2) is 13.8. The molecule has 1 unspecified atom stereocenters. The molecule has 9 heteroatoms. The summed E-state index contributed by atoms with van der Waals surface area (Å²) in [7, 11) is 0. The van der Waals surface area contributed by atoms with E-state index in [2.05, 4.69) is 6.92 Å². The van der Waals surface area contributed by atoms with Gasteiger partial charge in [-0.25, -0.2) is 0 Å². The molecule has 2 aromatic carbocycles. The Morgan fingerprint density at radius 2 is 1.88 bits per heavy atom. The van der Waals surface area contributed by atoms with E-state index in [1.54, 1.807) is 9.80 Å². The van der Waals surface area contributed by atoms with Crippen molar-refractivity contribution in [2.45, 2.75) is 45.0 Å². The first-order valence-corrected chi connectivity index (χ1v) is 12.5. The van der Waals surface area contributed by atoms with Gasteiger partial charge in [0, 0.05) is 6.61 Å². The maximum atomic E-state index is 12.0. The zero-order valence-electron chi connectivity index (χ0n) is 19.9. The number of fused-ring (bicyclic) bond motifs is 1. The van der Waals surface area contributed by atoms with Gasteiger partial charge in [0.05, 0.1) is 17.4 Å². The molecule has 0 bridgehead atoms. The number of hydrogen-bond acceptors (Lipinski definition) is 4. The van der Waals surface area contributed by atoms with E-state index in [0.29, 0.717) is 19.0 Å². The van der Waals surface area contributed by atoms with Crippen molar-refractivity contribution in [3.8, 4) is 5.75 Å². The SMILES string of the molecule is CC1COc2ccccc2N1C(=O)C(Cl)Cl.CCOCN(C(=O)CCl)c1c(C)cccc1CC. The summed E-state index contributed by atoms with van der Waals surface area (Å²) in [4.78, 5) is 26.0. The van der Waals surface area contributed by atoms with Crippen molar-refractivity contribution in [2.24, 2.45) is 0 Å². The zero-order valence-corrected chi connectivity index (χ0v) is 22.2. The Morgan fingerprint density at radius 3 is 2.50 bits per heavy atom. The number of hydrogen-bond donors (Lipinski definition) is 0. The number of halogens is 3. The standard InChI is InChI=1S/C14H20ClNO2.C11H11Cl2NO2/c1-4-12-8-6-7-11(3)14(12)16(10-18-5-2)13(17)9-15;1-7-6-16-9-5-3-2-4-8(9)14(7)11(15)10(12)13/h6-8H,4-5,9-10H2,1-3H3;2-5,7,10H,6H2,1H3. The lowest BCUT2D eigenvalue weighted by molar-refractivity contribution is -0.118. The molecule has 2 amide bonds. The largest absolute Gasteiger partial charge is 0.489 e. The van der Waals surface area contributed by atoms with Gasteiger partial charge in [0.2, 0.25) is 5.91 Å². The first kappa shape index (κ1) is 28.2. The number of carbonyl (C=O) groups excluding carboxylic acids is 2. The summed E-state index contributed by atoms with van der Waals surface area (Å²) in [6.07, 6.45) is 0.870. The van der Waals surface area contributed by atoms with Gasteiger partial charge in [-0.3, -0.25) is 14.5 Å². The van der Waals surface area contributed by atoms with E-state index < -0.39 is 4.84 Å². The summed E-state index contributed by atoms with van der Waals surface area (Å²) in [5.41, 5.74) is 3.84. The van der Waals surface area contributed by atoms with E-state index in [4.69, 9.17) is 44.3 Å². The van der Waals surface area contributed by atoms with Gasteiger partial charge >= 0.3 is 0 Å². The van der Waals surface area contributed by atoms with Gasteiger partial charge in [0.15, 0.2) is 4.84 Å². The fourth-order valence-electron chi connectivity index (χ4n) is 3.65. The summed E-state index contributed by atoms with van der Waals surface area (Å²) < 4.78 is 10.9. The molecule has 6 nitrogen and oxygen atoms in total. The highest BCUT2D eigenvalue weighted by molar-refractivity contribution is 6.54. The number of benzene rings is 2. The number of ether oxygens (including phenoxy) is 2. The topological polar surface area (TPSA) is 59.1 Å². The molecule has 1 aliphatic rings. The van der Waals surface area contributed by atoms with Gasteiger partial charge in [-0.05, 0) is 50.5 Å². The van der Waals surface area contributed by atoms with Gasteiger partial charge in [-0.15, -0.1) is 11.6 Å². The van der Waals surface area contributed by atoms with Crippen LogP contribution in [0, 0.1) is 6.92 Å². The van der Waals surface area contributed by atoms with E-state index in [1.807, 2.05) is 63.2 Å². The quantitative estimate of drug-likeness (QED) is 0.340. The number of aryl methyl sites for hydroxylation is 2. The summed E-state index contributed by atoms with van der Waals surface area (Å²) in [5.74, 6) is 0.202. The number of anilines is 2. The molecule has 1 aliphatic heterocycles. The van der Waals surface area contributed by atoms with Crippen molar-refractivity contribution in [3.63, 3.8) is 0 Å². The van der Waals surface area contributed by atoms with Crippen molar-refractivity contribution >= 4 is 58.0 Å². The fraction of sp³-hybridized carbons (Fsp3) is 0.440. The molecule has 0 fully saturated rings. The molecule has 3 rings (SSSR count). The summed E-state index contributed by atoms with van der Waals surface area (Å²) in [5, 5.41) is 0. The number of carbonyl (C=O) groups is 2. The van der Waals surface area contributed by atoms with Crippen molar-refractivity contribution in [3.05, 3.63) is 53.6 Å². The average Bonchev–Trinajstić information content (AvgIpc) is 2.84. The van der Waals surface area contributed by atoms with E-state index in [9.17, 15) is 9.59 Å². The molecular weight excluding hydrogens is 499 g/mol. The van der Waals surface area contributed by atoms with Crippen LogP contribution in [0.25, 0.3) is 0 Å². The summed E-state index contributed by atoms with van der Waals surface area (Å²) in [6, 6.07) is 13.3. The second-order valence-corrected chi connectivity index (χ2v) is 9.01. The van der Waals surface area contributed by atoms with Crippen molar-refractivity contribution in [1.29, 1.82) is 0 Å². The molecule has 1 heterocycles. The molecule has 0 radical (unpaired) electrons. The Morgan fingerprint density at radius 1 is 1.18 bits per heavy atom. The number of amides is 2. The molecule has 0 spiro atoms. The molecule has 0 aromatic heterocycles. The Labute approximate surface area is 216 Å². The molecular formula is C25H31Cl3N2O4. The molecule has 0 aliphatic carbocycles. The fourth-order valence-corrected chi connectivity index (χ4v) is 4.00. The number of nitrogens with zero attached hydrogens (tertiary/aromatic N) is 2. The van der Waals surface area contributed by atoms with Crippen LogP contribution in [0.4, 0.5) is 11.4 Å². The van der Waals surface area contributed by atoms with Crippen molar-refractivity contribution < 1.29 is 19.1 Å². The van der Waals surface area contributed by atoms with Crippen LogP contribution in [0.3, 0.4) is 0 Å². The van der Waals surface area contributed by atoms with E-state index in [1.165, 1.54) is 0 Å². The third-order valence-corrected chi connectivity index (χ3v) is 5.88. The molecule has 186 valence electrons. The summed E-state index contributed by atoms with van der Waals surface area (Å²) >= 11 is 16.9. The zero-order chi connectivity index (χ0) is 25.3. The highest BCUT2D eigenvalue weighted by atomic mass is 35.5. The molecule has 2 aromatic rings. The van der Waals surface area contributed by atoms with Gasteiger partial charge < -0.3 is 14.4 Å². The molecule has 1 atom stereocenters. The third-order valence-electron chi connectivity index (χ3n) is 5.28. The van der Waals surface area contributed by atoms with Crippen LogP contribution in [0.2, 0.25) is 0 Å². The predicted octanol–water partition coefficient (Wildman–Crippen LogP) is 5.73. The van der Waals surface area contributed by atoms with Crippen LogP contribution < -0.4 is 14.5 Å². The van der Waals surface area contributed by atoms with E-state index in [-0.39, 0.29) is 30.5 Å². The molecule has 0 N–H and O–H groups in total. The third kappa shape index (κ3) is 7.01. The van der Waals surface area contributed by atoms with Gasteiger partial charge in [0.1, 0.15) is 25.0 Å². The van der Waals surface area contributed by atoms with Crippen LogP contribution >= 0.6 is 34.8 Å². The van der Waals surface area contributed by atoms with E-state index in [0.717, 1.165) is 28.9 Å². The minimum absolute atomic E-state index is 0.0371. The minimum Gasteiger partial charge on any atom is -0.489 e.